The van der Waals surface area contributed by atoms with Gasteiger partial charge in [-0.25, -0.2) is 9.37 Å². The number of benzene rings is 1. The van der Waals surface area contributed by atoms with Crippen LogP contribution in [-0.4, -0.2) is 58.9 Å². The molecule has 26 heavy (non-hydrogen) atoms. The van der Waals surface area contributed by atoms with Crippen LogP contribution in [0.3, 0.4) is 0 Å². The number of hydrogen-bond acceptors (Lipinski definition) is 4. The molecule has 2 aliphatic heterocycles. The largest absolute Gasteiger partial charge is 0.396 e. The van der Waals surface area contributed by atoms with Gasteiger partial charge in [-0.1, -0.05) is 0 Å². The van der Waals surface area contributed by atoms with Gasteiger partial charge in [-0.15, -0.1) is 0 Å². The maximum Gasteiger partial charge on any atom is 0.125 e. The molecule has 2 N–H and O–H groups in total. The van der Waals surface area contributed by atoms with E-state index in [4.69, 9.17) is 0 Å². The van der Waals surface area contributed by atoms with Crippen molar-refractivity contribution in [1.29, 1.82) is 0 Å². The van der Waals surface area contributed by atoms with Crippen molar-refractivity contribution in [3.05, 3.63) is 29.8 Å². The number of hydrogen-bond donors (Lipinski definition) is 2. The van der Waals surface area contributed by atoms with Crippen molar-refractivity contribution < 1.29 is 9.50 Å². The summed E-state index contributed by atoms with van der Waals surface area (Å²) < 4.78 is 15.8. The van der Waals surface area contributed by atoms with E-state index in [1.54, 1.807) is 0 Å². The molecule has 0 aliphatic carbocycles. The lowest BCUT2D eigenvalue weighted by molar-refractivity contribution is 0.150. The Balaban J connectivity index is 1.47. The number of likely N-dealkylation sites (tertiary alicyclic amines) is 1. The van der Waals surface area contributed by atoms with E-state index in [9.17, 15) is 9.50 Å². The van der Waals surface area contributed by atoms with Crippen LogP contribution in [0, 0.1) is 11.7 Å². The summed E-state index contributed by atoms with van der Waals surface area (Å²) in [4.78, 5) is 7.20. The van der Waals surface area contributed by atoms with Crippen molar-refractivity contribution in [1.82, 2.24) is 19.8 Å². The molecule has 4 rings (SSSR count). The fourth-order valence-electron chi connectivity index (χ4n) is 4.60. The Hall–Kier alpha value is -1.50. The maximum atomic E-state index is 13.6. The highest BCUT2D eigenvalue weighted by Gasteiger charge is 2.26. The Morgan fingerprint density at radius 1 is 1.15 bits per heavy atom. The van der Waals surface area contributed by atoms with Crippen molar-refractivity contribution in [2.24, 2.45) is 5.92 Å². The average Bonchev–Trinajstić information content (AvgIpc) is 3.00. The van der Waals surface area contributed by atoms with E-state index in [2.05, 4.69) is 19.8 Å². The highest BCUT2D eigenvalue weighted by molar-refractivity contribution is 5.76. The number of aromatic nitrogens is 2. The van der Waals surface area contributed by atoms with E-state index < -0.39 is 0 Å². The van der Waals surface area contributed by atoms with Crippen molar-refractivity contribution in [3.8, 4) is 0 Å². The minimum Gasteiger partial charge on any atom is -0.396 e. The number of rotatable bonds is 5. The number of nitrogens with zero attached hydrogens (tertiary/aromatic N) is 3. The number of fused-ring (bicyclic) bond motifs is 1. The monoisotopic (exact) mass is 360 g/mol. The van der Waals surface area contributed by atoms with Gasteiger partial charge in [0.1, 0.15) is 11.6 Å². The molecule has 142 valence electrons. The third-order valence-corrected chi connectivity index (χ3v) is 5.96. The lowest BCUT2D eigenvalue weighted by Gasteiger charge is -2.36. The van der Waals surface area contributed by atoms with Crippen LogP contribution >= 0.6 is 0 Å². The molecule has 2 saturated heterocycles. The van der Waals surface area contributed by atoms with Gasteiger partial charge in [-0.05, 0) is 56.8 Å². The quantitative estimate of drug-likeness (QED) is 0.859. The molecule has 0 saturated carbocycles. The lowest BCUT2D eigenvalue weighted by Crippen LogP contribution is -2.40. The second kappa shape index (κ2) is 8.03. The Morgan fingerprint density at radius 3 is 2.65 bits per heavy atom. The SMILES string of the molecule is OCCc1nc2cc(F)ccc2n1C1CCN(CC2CCNCC2)CC1. The first kappa shape index (κ1) is 17.9. The molecular weight excluding hydrogens is 331 g/mol. The predicted octanol–water partition coefficient (Wildman–Crippen LogP) is 2.35. The number of nitrogens with one attached hydrogen (secondary N) is 1. The molecule has 2 aromatic rings. The second-order valence-electron chi connectivity index (χ2n) is 7.73. The van der Waals surface area contributed by atoms with Gasteiger partial charge in [-0.2, -0.15) is 0 Å². The van der Waals surface area contributed by atoms with Gasteiger partial charge in [0.2, 0.25) is 0 Å². The zero-order chi connectivity index (χ0) is 17.9. The zero-order valence-corrected chi connectivity index (χ0v) is 15.3. The average molecular weight is 360 g/mol. The summed E-state index contributed by atoms with van der Waals surface area (Å²) in [6, 6.07) is 5.23. The molecule has 0 unspecified atom stereocenters. The summed E-state index contributed by atoms with van der Waals surface area (Å²) in [6.45, 7) is 5.81. The summed E-state index contributed by atoms with van der Waals surface area (Å²) in [6.07, 6.45) is 5.28. The van der Waals surface area contributed by atoms with Crippen LogP contribution in [0.2, 0.25) is 0 Å². The second-order valence-corrected chi connectivity index (χ2v) is 7.73. The summed E-state index contributed by atoms with van der Waals surface area (Å²) in [5.41, 5.74) is 1.69. The van der Waals surface area contributed by atoms with E-state index >= 15 is 0 Å². The smallest absolute Gasteiger partial charge is 0.125 e. The van der Waals surface area contributed by atoms with Gasteiger partial charge in [0, 0.05) is 38.2 Å². The van der Waals surface area contributed by atoms with E-state index in [1.807, 2.05) is 6.07 Å². The summed E-state index contributed by atoms with van der Waals surface area (Å²) in [5.74, 6) is 1.45. The van der Waals surface area contributed by atoms with Gasteiger partial charge in [0.25, 0.3) is 0 Å². The number of aliphatic hydroxyl groups is 1. The number of aliphatic hydroxyl groups excluding tert-OH is 1. The first-order valence-electron chi connectivity index (χ1n) is 9.95. The van der Waals surface area contributed by atoms with Crippen LogP contribution in [0.25, 0.3) is 11.0 Å². The number of halogens is 1. The first-order valence-corrected chi connectivity index (χ1v) is 9.95. The topological polar surface area (TPSA) is 53.3 Å². The van der Waals surface area contributed by atoms with Crippen LogP contribution in [0.5, 0.6) is 0 Å². The zero-order valence-electron chi connectivity index (χ0n) is 15.3. The van der Waals surface area contributed by atoms with Crippen LogP contribution in [-0.2, 0) is 6.42 Å². The molecule has 2 aliphatic rings. The van der Waals surface area contributed by atoms with E-state index in [-0.39, 0.29) is 12.4 Å². The minimum absolute atomic E-state index is 0.0698. The van der Waals surface area contributed by atoms with Crippen molar-refractivity contribution in [3.63, 3.8) is 0 Å². The van der Waals surface area contributed by atoms with Crippen LogP contribution in [0.4, 0.5) is 4.39 Å². The van der Waals surface area contributed by atoms with Gasteiger partial charge in [0.15, 0.2) is 0 Å². The molecule has 3 heterocycles. The summed E-state index contributed by atoms with van der Waals surface area (Å²) in [7, 11) is 0. The molecule has 6 heteroatoms. The summed E-state index contributed by atoms with van der Waals surface area (Å²) >= 11 is 0. The van der Waals surface area contributed by atoms with Gasteiger partial charge in [-0.3, -0.25) is 0 Å². The van der Waals surface area contributed by atoms with E-state index in [0.717, 1.165) is 56.3 Å². The molecule has 1 aromatic heterocycles. The molecule has 5 nitrogen and oxygen atoms in total. The molecule has 0 radical (unpaired) electrons. The van der Waals surface area contributed by atoms with E-state index in [1.165, 1.54) is 31.5 Å². The molecule has 0 bridgehead atoms. The van der Waals surface area contributed by atoms with Gasteiger partial charge < -0.3 is 19.9 Å². The lowest BCUT2D eigenvalue weighted by atomic mass is 9.95. The highest BCUT2D eigenvalue weighted by atomic mass is 19.1. The van der Waals surface area contributed by atoms with Gasteiger partial charge in [0.05, 0.1) is 17.6 Å². The van der Waals surface area contributed by atoms with Crippen LogP contribution in [0.15, 0.2) is 18.2 Å². The number of imidazole rings is 1. The Kier molecular flexibility index (Phi) is 5.52. The minimum atomic E-state index is -0.255. The molecule has 0 amide bonds. The molecule has 0 atom stereocenters. The van der Waals surface area contributed by atoms with Gasteiger partial charge >= 0.3 is 0 Å². The molecule has 1 aromatic carbocycles. The molecule has 0 spiro atoms. The van der Waals surface area contributed by atoms with Crippen molar-refractivity contribution in [2.75, 3.05) is 39.3 Å². The van der Waals surface area contributed by atoms with Crippen molar-refractivity contribution in [2.45, 2.75) is 38.1 Å². The number of piperidine rings is 2. The van der Waals surface area contributed by atoms with E-state index in [0.29, 0.717) is 18.0 Å². The Labute approximate surface area is 154 Å². The highest BCUT2D eigenvalue weighted by Crippen LogP contribution is 2.30. The standard InChI is InChI=1S/C20H29FN4O/c21-16-1-2-19-18(13-16)23-20(7-12-26)25(19)17-5-10-24(11-6-17)14-15-3-8-22-9-4-15/h1-2,13,15,17,22,26H,3-12,14H2. The Morgan fingerprint density at radius 2 is 1.92 bits per heavy atom. The predicted molar refractivity (Wildman–Crippen MR) is 101 cm³/mol. The summed E-state index contributed by atoms with van der Waals surface area (Å²) in [5, 5.41) is 12.8. The maximum absolute atomic E-state index is 13.6. The third kappa shape index (κ3) is 3.77. The fraction of sp³-hybridized carbons (Fsp3) is 0.650. The van der Waals surface area contributed by atoms with Crippen LogP contribution in [0.1, 0.15) is 37.5 Å². The first-order chi connectivity index (χ1) is 12.7. The fourth-order valence-corrected chi connectivity index (χ4v) is 4.60. The normalized spacial score (nSPS) is 20.8. The molecule has 2 fully saturated rings. The Bertz CT molecular complexity index is 733. The molecular formula is C20H29FN4O. The third-order valence-electron chi connectivity index (χ3n) is 5.96. The van der Waals surface area contributed by atoms with Crippen molar-refractivity contribution >= 4 is 11.0 Å². The van der Waals surface area contributed by atoms with Crippen LogP contribution < -0.4 is 5.32 Å².